The predicted molar refractivity (Wildman–Crippen MR) is 80.9 cm³/mol. The molecule has 1 saturated heterocycles. The molecule has 0 atom stereocenters. The molecule has 0 saturated carbocycles. The van der Waals surface area contributed by atoms with Crippen molar-refractivity contribution < 1.29 is 9.53 Å². The molecule has 1 amide bonds. The topological polar surface area (TPSA) is 55.6 Å². The summed E-state index contributed by atoms with van der Waals surface area (Å²) in [5.74, 6) is 1.93. The van der Waals surface area contributed by atoms with E-state index in [-0.39, 0.29) is 5.91 Å². The van der Waals surface area contributed by atoms with Gasteiger partial charge in [0.1, 0.15) is 0 Å². The quantitative estimate of drug-likeness (QED) is 0.864. The summed E-state index contributed by atoms with van der Waals surface area (Å²) in [6.45, 7) is 6.14. The number of para-hydroxylation sites is 1. The second-order valence-corrected chi connectivity index (χ2v) is 5.80. The van der Waals surface area contributed by atoms with Gasteiger partial charge in [-0.1, -0.05) is 19.9 Å². The Kier molecular flexibility index (Phi) is 4.53. The normalized spacial score (nSPS) is 16.5. The number of carbonyl (C=O) groups is 1. The number of nitrogen functional groups attached to an aromatic ring is 1. The minimum Gasteiger partial charge on any atom is -0.494 e. The lowest BCUT2D eigenvalue weighted by molar-refractivity contribution is 0.0664. The minimum absolute atomic E-state index is 0.0244. The minimum atomic E-state index is 0.0244. The summed E-state index contributed by atoms with van der Waals surface area (Å²) in [5, 5.41) is 0. The summed E-state index contributed by atoms with van der Waals surface area (Å²) in [7, 11) is 1.55. The predicted octanol–water partition coefficient (Wildman–Crippen LogP) is 2.79. The van der Waals surface area contributed by atoms with Crippen molar-refractivity contribution in [1.29, 1.82) is 0 Å². The lowest BCUT2D eigenvalue weighted by atomic mass is 9.86. The largest absolute Gasteiger partial charge is 0.494 e. The smallest absolute Gasteiger partial charge is 0.257 e. The number of benzene rings is 1. The van der Waals surface area contributed by atoms with Crippen LogP contribution in [0.1, 0.15) is 37.0 Å². The summed E-state index contributed by atoms with van der Waals surface area (Å²) >= 11 is 0. The first-order valence-electron chi connectivity index (χ1n) is 7.26. The number of ether oxygens (including phenoxy) is 1. The van der Waals surface area contributed by atoms with Gasteiger partial charge in [0.05, 0.1) is 18.4 Å². The molecule has 1 heterocycles. The van der Waals surface area contributed by atoms with Gasteiger partial charge in [-0.2, -0.15) is 0 Å². The van der Waals surface area contributed by atoms with E-state index >= 15 is 0 Å². The van der Waals surface area contributed by atoms with Crippen LogP contribution < -0.4 is 10.5 Å². The molecule has 0 aliphatic carbocycles. The Labute approximate surface area is 120 Å². The van der Waals surface area contributed by atoms with E-state index in [9.17, 15) is 4.79 Å². The Balaban J connectivity index is 2.11. The van der Waals surface area contributed by atoms with Gasteiger partial charge in [0.2, 0.25) is 0 Å². The number of hydrogen-bond donors (Lipinski definition) is 1. The highest BCUT2D eigenvalue weighted by Gasteiger charge is 2.27. The van der Waals surface area contributed by atoms with Crippen LogP contribution in [0.15, 0.2) is 18.2 Å². The van der Waals surface area contributed by atoms with Gasteiger partial charge >= 0.3 is 0 Å². The Hall–Kier alpha value is -1.71. The van der Waals surface area contributed by atoms with Crippen molar-refractivity contribution in [3.63, 3.8) is 0 Å². The lowest BCUT2D eigenvalue weighted by Gasteiger charge is -2.34. The van der Waals surface area contributed by atoms with Crippen LogP contribution in [0.4, 0.5) is 5.69 Å². The van der Waals surface area contributed by atoms with E-state index in [4.69, 9.17) is 10.5 Å². The van der Waals surface area contributed by atoms with E-state index in [2.05, 4.69) is 13.8 Å². The number of hydrogen-bond acceptors (Lipinski definition) is 3. The average Bonchev–Trinajstić information content (AvgIpc) is 2.46. The second-order valence-electron chi connectivity index (χ2n) is 5.80. The van der Waals surface area contributed by atoms with Crippen molar-refractivity contribution in [3.05, 3.63) is 23.8 Å². The van der Waals surface area contributed by atoms with E-state index in [1.165, 1.54) is 0 Å². The molecule has 0 radical (unpaired) electrons. The third-order valence-corrected chi connectivity index (χ3v) is 4.25. The van der Waals surface area contributed by atoms with Crippen molar-refractivity contribution in [2.75, 3.05) is 25.9 Å². The van der Waals surface area contributed by atoms with Crippen molar-refractivity contribution in [2.24, 2.45) is 11.8 Å². The van der Waals surface area contributed by atoms with Crippen LogP contribution in [0.5, 0.6) is 5.75 Å². The zero-order valence-electron chi connectivity index (χ0n) is 12.6. The number of methoxy groups -OCH3 is 1. The van der Waals surface area contributed by atoms with E-state index < -0.39 is 0 Å². The van der Waals surface area contributed by atoms with E-state index in [1.54, 1.807) is 25.3 Å². The van der Waals surface area contributed by atoms with Gasteiger partial charge in [0.15, 0.2) is 5.75 Å². The van der Waals surface area contributed by atoms with Gasteiger partial charge in [0.25, 0.3) is 5.91 Å². The molecule has 2 rings (SSSR count). The summed E-state index contributed by atoms with van der Waals surface area (Å²) < 4.78 is 5.27. The highest BCUT2D eigenvalue weighted by molar-refractivity contribution is 5.98. The third-order valence-electron chi connectivity index (χ3n) is 4.25. The highest BCUT2D eigenvalue weighted by atomic mass is 16.5. The van der Waals surface area contributed by atoms with Crippen LogP contribution in [0.25, 0.3) is 0 Å². The summed E-state index contributed by atoms with van der Waals surface area (Å²) in [5.41, 5.74) is 6.94. The van der Waals surface area contributed by atoms with E-state index in [1.807, 2.05) is 4.90 Å². The van der Waals surface area contributed by atoms with Gasteiger partial charge in [-0.25, -0.2) is 0 Å². The number of rotatable bonds is 3. The molecule has 4 nitrogen and oxygen atoms in total. The first-order chi connectivity index (χ1) is 9.54. The number of likely N-dealkylation sites (tertiary alicyclic amines) is 1. The van der Waals surface area contributed by atoms with Crippen molar-refractivity contribution in [1.82, 2.24) is 4.90 Å². The Bertz CT molecular complexity index is 477. The summed E-state index contributed by atoms with van der Waals surface area (Å²) in [6, 6.07) is 5.33. The van der Waals surface area contributed by atoms with Gasteiger partial charge in [-0.15, -0.1) is 0 Å². The molecule has 110 valence electrons. The molecular formula is C16H24N2O2. The standard InChI is InChI=1S/C16H24N2O2/c1-11(2)12-7-9-18(10-8-12)16(19)13-5-4-6-14(17)15(13)20-3/h4-6,11-12H,7-10,17H2,1-3H3. The average molecular weight is 276 g/mol. The first-order valence-corrected chi connectivity index (χ1v) is 7.26. The molecule has 1 aliphatic rings. The summed E-state index contributed by atoms with van der Waals surface area (Å²) in [6.07, 6.45) is 2.15. The first kappa shape index (κ1) is 14.7. The van der Waals surface area contributed by atoms with Crippen molar-refractivity contribution >= 4 is 11.6 Å². The molecule has 0 spiro atoms. The monoisotopic (exact) mass is 276 g/mol. The summed E-state index contributed by atoms with van der Waals surface area (Å²) in [4.78, 5) is 14.5. The van der Waals surface area contributed by atoms with Crippen LogP contribution in [0, 0.1) is 11.8 Å². The van der Waals surface area contributed by atoms with Crippen LogP contribution in [-0.2, 0) is 0 Å². The number of anilines is 1. The number of nitrogens with zero attached hydrogens (tertiary/aromatic N) is 1. The third kappa shape index (κ3) is 2.89. The van der Waals surface area contributed by atoms with Crippen LogP contribution in [0.3, 0.4) is 0 Å². The molecule has 1 aromatic carbocycles. The molecule has 0 aromatic heterocycles. The Morgan fingerprint density at radius 1 is 1.35 bits per heavy atom. The zero-order valence-corrected chi connectivity index (χ0v) is 12.6. The number of amides is 1. The molecule has 1 aliphatic heterocycles. The molecule has 2 N–H and O–H groups in total. The van der Waals surface area contributed by atoms with Crippen molar-refractivity contribution in [3.8, 4) is 5.75 Å². The Morgan fingerprint density at radius 3 is 2.55 bits per heavy atom. The molecule has 4 heteroatoms. The molecule has 1 aromatic rings. The maximum Gasteiger partial charge on any atom is 0.257 e. The lowest BCUT2D eigenvalue weighted by Crippen LogP contribution is -2.39. The van der Waals surface area contributed by atoms with Gasteiger partial charge in [0, 0.05) is 13.1 Å². The van der Waals surface area contributed by atoms with Gasteiger partial charge in [-0.3, -0.25) is 4.79 Å². The number of piperidine rings is 1. The molecule has 0 unspecified atom stereocenters. The highest BCUT2D eigenvalue weighted by Crippen LogP contribution is 2.30. The SMILES string of the molecule is COc1c(N)cccc1C(=O)N1CCC(C(C)C)CC1. The van der Waals surface area contributed by atoms with Gasteiger partial charge in [-0.05, 0) is 36.8 Å². The van der Waals surface area contributed by atoms with E-state index in [0.717, 1.165) is 31.8 Å². The van der Waals surface area contributed by atoms with Gasteiger partial charge < -0.3 is 15.4 Å². The number of nitrogens with two attached hydrogens (primary N) is 1. The van der Waals surface area contributed by atoms with Crippen LogP contribution in [-0.4, -0.2) is 31.0 Å². The Morgan fingerprint density at radius 2 is 2.00 bits per heavy atom. The second kappa shape index (κ2) is 6.16. The number of carbonyl (C=O) groups excluding carboxylic acids is 1. The fourth-order valence-electron chi connectivity index (χ4n) is 2.89. The van der Waals surface area contributed by atoms with Crippen LogP contribution in [0.2, 0.25) is 0 Å². The van der Waals surface area contributed by atoms with Crippen LogP contribution >= 0.6 is 0 Å². The molecule has 0 bridgehead atoms. The zero-order chi connectivity index (χ0) is 14.7. The molecular weight excluding hydrogens is 252 g/mol. The van der Waals surface area contributed by atoms with Crippen molar-refractivity contribution in [2.45, 2.75) is 26.7 Å². The maximum atomic E-state index is 12.6. The maximum absolute atomic E-state index is 12.6. The fraction of sp³-hybridized carbons (Fsp3) is 0.562. The fourth-order valence-corrected chi connectivity index (χ4v) is 2.89. The molecule has 20 heavy (non-hydrogen) atoms. The van der Waals surface area contributed by atoms with E-state index in [0.29, 0.717) is 22.9 Å². The molecule has 1 fully saturated rings.